The highest BCUT2D eigenvalue weighted by Crippen LogP contribution is 2.59. The van der Waals surface area contributed by atoms with E-state index in [2.05, 4.69) is 15.6 Å². The van der Waals surface area contributed by atoms with Crippen molar-refractivity contribution < 1.29 is 37.5 Å². The maximum absolute atomic E-state index is 14.3. The quantitative estimate of drug-likeness (QED) is 0.167. The summed E-state index contributed by atoms with van der Waals surface area (Å²) >= 11 is 2.31. The van der Waals surface area contributed by atoms with Gasteiger partial charge in [-0.3, -0.25) is 18.9 Å². The number of thiazole rings is 1. The van der Waals surface area contributed by atoms with Gasteiger partial charge in [0.2, 0.25) is 11.8 Å². The number of hydrogen-bond donors (Lipinski definition) is 4. The number of fused-ring (bicyclic) bond motifs is 1. The average Bonchev–Trinajstić information content (AvgIpc) is 3.74. The number of nitrogens with one attached hydrogen (secondary N) is 2. The Morgan fingerprint density at radius 1 is 1.07 bits per heavy atom. The number of carbonyl (C=O) groups excluding carboxylic acids is 3. The van der Waals surface area contributed by atoms with E-state index < -0.39 is 48.1 Å². The van der Waals surface area contributed by atoms with Crippen molar-refractivity contribution in [3.05, 3.63) is 71.2 Å². The normalized spacial score (nSPS) is 16.5. The minimum absolute atomic E-state index is 0.123. The summed E-state index contributed by atoms with van der Waals surface area (Å²) in [6, 6.07) is 12.3. The molecule has 0 bridgehead atoms. The number of likely N-dealkylation sites (tertiary alicyclic amines) is 1. The first-order valence-electron chi connectivity index (χ1n) is 14.0. The number of nitrogens with zero attached hydrogens (tertiary/aromatic N) is 2. The minimum atomic E-state index is -5.77. The second kappa shape index (κ2) is 12.3. The lowest BCUT2D eigenvalue weighted by Gasteiger charge is -2.35. The van der Waals surface area contributed by atoms with Gasteiger partial charge in [-0.1, -0.05) is 68.5 Å². The van der Waals surface area contributed by atoms with Gasteiger partial charge in [0.05, 0.1) is 9.75 Å². The Morgan fingerprint density at radius 3 is 2.44 bits per heavy atom. The van der Waals surface area contributed by atoms with E-state index in [0.29, 0.717) is 29.2 Å². The lowest BCUT2D eigenvalue weighted by molar-refractivity contribution is -0.140. The van der Waals surface area contributed by atoms with E-state index in [0.717, 1.165) is 33.9 Å². The van der Waals surface area contributed by atoms with Crippen LogP contribution in [0.1, 0.15) is 48.8 Å². The topological polar surface area (TPSA) is 149 Å². The molecule has 1 aliphatic rings. The molecule has 3 amide bonds. The van der Waals surface area contributed by atoms with Crippen molar-refractivity contribution in [1.29, 1.82) is 0 Å². The molecule has 1 aliphatic heterocycles. The third kappa shape index (κ3) is 6.85. The van der Waals surface area contributed by atoms with E-state index >= 15 is 0 Å². The predicted molar refractivity (Wildman–Crippen MR) is 169 cm³/mol. The molecule has 238 valence electrons. The van der Waals surface area contributed by atoms with Crippen LogP contribution in [0.2, 0.25) is 0 Å². The predicted octanol–water partition coefficient (Wildman–Crippen LogP) is 6.03. The average molecular weight is 677 g/mol. The molecule has 5 rings (SSSR count). The summed E-state index contributed by atoms with van der Waals surface area (Å²) in [6.45, 7) is 5.67. The van der Waals surface area contributed by atoms with Gasteiger partial charge in [-0.15, -0.1) is 11.3 Å². The van der Waals surface area contributed by atoms with Gasteiger partial charge in [-0.05, 0) is 47.4 Å². The van der Waals surface area contributed by atoms with Crippen LogP contribution in [0.5, 0.6) is 0 Å². The third-order valence-corrected chi connectivity index (χ3v) is 10.5. The molecule has 1 fully saturated rings. The van der Waals surface area contributed by atoms with Crippen molar-refractivity contribution in [3.63, 3.8) is 0 Å². The molecule has 0 spiro atoms. The summed E-state index contributed by atoms with van der Waals surface area (Å²) in [7, 11) is -5.77. The third-order valence-electron chi connectivity index (χ3n) is 7.47. The first kappa shape index (κ1) is 32.8. The molecule has 10 nitrogen and oxygen atoms in total. The van der Waals surface area contributed by atoms with Gasteiger partial charge in [0.15, 0.2) is 5.13 Å². The first-order chi connectivity index (χ1) is 21.1. The lowest BCUT2D eigenvalue weighted by atomic mass is 9.85. The standard InChI is InChI=1S/C30H31F2N4O6PS2/c1-29(2,3)24(34-26(38)22-15-18-14-19(11-12-21(18)44-22)30(31,32)43(40,41)42)27(39)36-13-7-10-20(36)25(37)35-28-33-16-23(45-28)17-8-5-4-6-9-17/h4-6,8-9,11-12,14-16,20,24H,7,10,13H2,1-3H3,(H,34,38)(H,33,35,37)(H2,40,41,42). The SMILES string of the molecule is CC(C)(C)C(NC(=O)c1cc2cc(C(F)(F)P(=O)(O)O)ccc2s1)C(=O)N1CCCC1C(=O)Nc1ncc(-c2ccccc2)s1. The second-order valence-electron chi connectivity index (χ2n) is 11.8. The number of halogens is 2. The summed E-state index contributed by atoms with van der Waals surface area (Å²) < 4.78 is 40.3. The van der Waals surface area contributed by atoms with Gasteiger partial charge >= 0.3 is 13.3 Å². The molecule has 0 aliphatic carbocycles. The summed E-state index contributed by atoms with van der Waals surface area (Å²) in [5.41, 5.74) is -5.05. The van der Waals surface area contributed by atoms with Crippen LogP contribution in [-0.2, 0) is 19.8 Å². The van der Waals surface area contributed by atoms with E-state index in [-0.39, 0.29) is 16.2 Å². The van der Waals surface area contributed by atoms with Crippen molar-refractivity contribution in [2.24, 2.45) is 5.41 Å². The Kier molecular flexibility index (Phi) is 9.00. The molecule has 2 aromatic heterocycles. The number of hydrogen-bond acceptors (Lipinski definition) is 7. The summed E-state index contributed by atoms with van der Waals surface area (Å²) in [6.07, 6.45) is 2.72. The number of aromatic nitrogens is 1. The number of anilines is 1. The van der Waals surface area contributed by atoms with E-state index in [4.69, 9.17) is 9.79 Å². The Hall–Kier alpha value is -3.55. The van der Waals surface area contributed by atoms with Crippen LogP contribution in [0, 0.1) is 5.41 Å². The van der Waals surface area contributed by atoms with Crippen molar-refractivity contribution in [2.75, 3.05) is 11.9 Å². The number of thiophene rings is 1. The fourth-order valence-corrected chi connectivity index (χ4v) is 7.33. The summed E-state index contributed by atoms with van der Waals surface area (Å²) in [4.78, 5) is 65.6. The smallest absolute Gasteiger partial charge is 0.339 e. The largest absolute Gasteiger partial charge is 0.399 e. The molecule has 1 saturated heterocycles. The number of alkyl halides is 2. The summed E-state index contributed by atoms with van der Waals surface area (Å²) in [5.74, 6) is -1.42. The van der Waals surface area contributed by atoms with Crippen LogP contribution >= 0.6 is 30.3 Å². The van der Waals surface area contributed by atoms with E-state index in [9.17, 15) is 27.7 Å². The van der Waals surface area contributed by atoms with Gasteiger partial charge in [0.1, 0.15) is 12.1 Å². The Bertz CT molecular complexity index is 1800. The van der Waals surface area contributed by atoms with Gasteiger partial charge in [-0.2, -0.15) is 8.78 Å². The highest BCUT2D eigenvalue weighted by atomic mass is 32.1. The Morgan fingerprint density at radius 2 is 1.78 bits per heavy atom. The van der Waals surface area contributed by atoms with Crippen molar-refractivity contribution >= 4 is 63.2 Å². The molecule has 0 saturated carbocycles. The first-order valence-corrected chi connectivity index (χ1v) is 17.2. The van der Waals surface area contributed by atoms with Crippen molar-refractivity contribution in [1.82, 2.24) is 15.2 Å². The number of rotatable bonds is 8. The zero-order chi connectivity index (χ0) is 32.7. The van der Waals surface area contributed by atoms with Crippen LogP contribution in [0.25, 0.3) is 20.5 Å². The summed E-state index contributed by atoms with van der Waals surface area (Å²) in [5, 5.41) is 6.21. The zero-order valence-electron chi connectivity index (χ0n) is 24.5. The monoisotopic (exact) mass is 676 g/mol. The number of carbonyl (C=O) groups is 3. The highest BCUT2D eigenvalue weighted by molar-refractivity contribution is 7.52. The Balaban J connectivity index is 1.31. The molecular formula is C30H31F2N4O6PS2. The van der Waals surface area contributed by atoms with Crippen molar-refractivity contribution in [2.45, 2.75) is 51.4 Å². The van der Waals surface area contributed by atoms with E-state index in [1.165, 1.54) is 28.4 Å². The molecule has 2 aromatic carbocycles. The van der Waals surface area contributed by atoms with Gasteiger partial charge in [0, 0.05) is 23.0 Å². The molecule has 15 heteroatoms. The minimum Gasteiger partial charge on any atom is -0.339 e. The molecule has 4 N–H and O–H groups in total. The lowest BCUT2D eigenvalue weighted by Crippen LogP contribution is -2.57. The highest BCUT2D eigenvalue weighted by Gasteiger charge is 2.50. The number of benzene rings is 2. The molecule has 45 heavy (non-hydrogen) atoms. The molecule has 3 heterocycles. The van der Waals surface area contributed by atoms with Crippen LogP contribution in [0.4, 0.5) is 13.9 Å². The van der Waals surface area contributed by atoms with Crippen LogP contribution in [0.15, 0.2) is 60.8 Å². The molecule has 4 aromatic rings. The maximum Gasteiger partial charge on any atom is 0.399 e. The zero-order valence-corrected chi connectivity index (χ0v) is 27.0. The van der Waals surface area contributed by atoms with Gasteiger partial charge in [-0.25, -0.2) is 4.98 Å². The van der Waals surface area contributed by atoms with E-state index in [1.807, 2.05) is 30.3 Å². The van der Waals surface area contributed by atoms with E-state index in [1.54, 1.807) is 27.0 Å². The second-order valence-corrected chi connectivity index (χ2v) is 15.6. The van der Waals surface area contributed by atoms with Crippen molar-refractivity contribution in [3.8, 4) is 10.4 Å². The fourth-order valence-electron chi connectivity index (χ4n) is 5.09. The van der Waals surface area contributed by atoms with Crippen LogP contribution in [0.3, 0.4) is 0 Å². The maximum atomic E-state index is 14.3. The molecule has 0 radical (unpaired) electrons. The van der Waals surface area contributed by atoms with Crippen LogP contribution < -0.4 is 10.6 Å². The van der Waals surface area contributed by atoms with Gasteiger partial charge < -0.3 is 25.3 Å². The fraction of sp³-hybridized carbons (Fsp3) is 0.333. The van der Waals surface area contributed by atoms with Gasteiger partial charge in [0.25, 0.3) is 5.91 Å². The molecule has 2 atom stereocenters. The van der Waals surface area contributed by atoms with Crippen LogP contribution in [-0.4, -0.2) is 56.0 Å². The molecule has 2 unspecified atom stereocenters. The number of amides is 3. The Labute approximate surface area is 265 Å². The molecular weight excluding hydrogens is 645 g/mol.